The molecule has 2 heteroatoms. The molecule has 1 fully saturated rings. The van der Waals surface area contributed by atoms with Gasteiger partial charge < -0.3 is 5.32 Å². The molecule has 1 aromatic rings. The molecule has 0 aliphatic heterocycles. The van der Waals surface area contributed by atoms with Crippen LogP contribution < -0.4 is 5.32 Å². The average molecular weight is 280 g/mol. The normalized spacial score (nSPS) is 24.4. The van der Waals surface area contributed by atoms with Crippen molar-refractivity contribution < 1.29 is 0 Å². The van der Waals surface area contributed by atoms with Gasteiger partial charge in [0.25, 0.3) is 0 Å². The van der Waals surface area contributed by atoms with E-state index in [2.05, 4.69) is 31.3 Å². The number of benzene rings is 1. The van der Waals surface area contributed by atoms with E-state index in [9.17, 15) is 0 Å². The molecule has 0 spiro atoms. The lowest BCUT2D eigenvalue weighted by Crippen LogP contribution is -2.28. The molecule has 2 unspecified atom stereocenters. The van der Waals surface area contributed by atoms with Crippen molar-refractivity contribution in [2.75, 3.05) is 0 Å². The molecule has 106 valence electrons. The maximum atomic E-state index is 6.02. The molecule has 1 nitrogen and oxygen atoms in total. The summed E-state index contributed by atoms with van der Waals surface area (Å²) in [5.41, 5.74) is 1.29. The van der Waals surface area contributed by atoms with Crippen molar-refractivity contribution in [1.82, 2.24) is 5.32 Å². The molecule has 0 saturated heterocycles. The first-order valence-corrected chi connectivity index (χ1v) is 8.01. The van der Waals surface area contributed by atoms with Gasteiger partial charge in [0.15, 0.2) is 0 Å². The van der Waals surface area contributed by atoms with Crippen LogP contribution in [-0.4, -0.2) is 6.04 Å². The van der Waals surface area contributed by atoms with Gasteiger partial charge in [-0.05, 0) is 48.8 Å². The zero-order chi connectivity index (χ0) is 13.7. The summed E-state index contributed by atoms with van der Waals surface area (Å²) in [6.07, 6.45) is 6.81. The Hall–Kier alpha value is -0.530. The van der Waals surface area contributed by atoms with Crippen LogP contribution in [0, 0.1) is 11.8 Å². The number of halogens is 1. The number of rotatable bonds is 4. The minimum atomic E-state index is 0.683. The minimum Gasteiger partial charge on any atom is -0.310 e. The van der Waals surface area contributed by atoms with Crippen LogP contribution in [-0.2, 0) is 6.54 Å². The van der Waals surface area contributed by atoms with Gasteiger partial charge in [0.2, 0.25) is 0 Å². The highest BCUT2D eigenvalue weighted by atomic mass is 35.5. The molecule has 1 N–H and O–H groups in total. The summed E-state index contributed by atoms with van der Waals surface area (Å²) < 4.78 is 0. The Bertz CT molecular complexity index is 389. The molecular formula is C17H26ClN. The predicted octanol–water partition coefficient (Wildman–Crippen LogP) is 5.03. The first-order valence-electron chi connectivity index (χ1n) is 7.63. The molecular weight excluding hydrogens is 254 g/mol. The van der Waals surface area contributed by atoms with Crippen molar-refractivity contribution >= 4 is 11.6 Å². The van der Waals surface area contributed by atoms with E-state index in [4.69, 9.17) is 11.6 Å². The lowest BCUT2D eigenvalue weighted by atomic mass is 9.89. The van der Waals surface area contributed by atoms with Gasteiger partial charge in [-0.25, -0.2) is 0 Å². The molecule has 0 radical (unpaired) electrons. The summed E-state index contributed by atoms with van der Waals surface area (Å²) >= 11 is 6.02. The van der Waals surface area contributed by atoms with Gasteiger partial charge in [-0.2, -0.15) is 0 Å². The number of hydrogen-bond acceptors (Lipinski definition) is 1. The van der Waals surface area contributed by atoms with Crippen LogP contribution in [0.1, 0.15) is 51.5 Å². The van der Waals surface area contributed by atoms with Crippen LogP contribution in [0.15, 0.2) is 24.3 Å². The largest absolute Gasteiger partial charge is 0.310 e. The van der Waals surface area contributed by atoms with E-state index in [-0.39, 0.29) is 0 Å². The summed E-state index contributed by atoms with van der Waals surface area (Å²) in [5, 5.41) is 4.54. The Balaban J connectivity index is 1.80. The first kappa shape index (κ1) is 14.9. The van der Waals surface area contributed by atoms with E-state index in [1.54, 1.807) is 0 Å². The van der Waals surface area contributed by atoms with Gasteiger partial charge in [0.1, 0.15) is 0 Å². The fourth-order valence-electron chi connectivity index (χ4n) is 3.11. The first-order chi connectivity index (χ1) is 9.15. The monoisotopic (exact) mass is 279 g/mol. The van der Waals surface area contributed by atoms with Gasteiger partial charge in [0.05, 0.1) is 0 Å². The maximum Gasteiger partial charge on any atom is 0.0409 e. The summed E-state index contributed by atoms with van der Waals surface area (Å²) in [5.74, 6) is 1.77. The summed E-state index contributed by atoms with van der Waals surface area (Å²) in [6.45, 7) is 5.67. The highest BCUT2D eigenvalue weighted by Gasteiger charge is 2.20. The van der Waals surface area contributed by atoms with E-state index in [1.807, 2.05) is 12.1 Å². The van der Waals surface area contributed by atoms with E-state index < -0.39 is 0 Å². The standard InChI is InChI=1S/C17H26ClN/c1-13(2)15-6-4-8-17(10-9-15)19-12-14-5-3-7-16(18)11-14/h3,5,7,11,13,15,17,19H,4,6,8-10,12H2,1-2H3. The summed E-state index contributed by atoms with van der Waals surface area (Å²) in [6, 6.07) is 8.85. The molecule has 2 rings (SSSR count). The van der Waals surface area contributed by atoms with Gasteiger partial charge in [-0.1, -0.05) is 50.4 Å². The van der Waals surface area contributed by atoms with Crippen LogP contribution in [0.5, 0.6) is 0 Å². The topological polar surface area (TPSA) is 12.0 Å². The fraction of sp³-hybridized carbons (Fsp3) is 0.647. The van der Waals surface area contributed by atoms with Gasteiger partial charge in [-0.3, -0.25) is 0 Å². The lowest BCUT2D eigenvalue weighted by molar-refractivity contribution is 0.337. The van der Waals surface area contributed by atoms with Crippen LogP contribution in [0.4, 0.5) is 0 Å². The molecule has 0 bridgehead atoms. The zero-order valence-corrected chi connectivity index (χ0v) is 12.9. The lowest BCUT2D eigenvalue weighted by Gasteiger charge is -2.19. The number of hydrogen-bond donors (Lipinski definition) is 1. The molecule has 0 aromatic heterocycles. The third kappa shape index (κ3) is 4.81. The average Bonchev–Trinajstić information content (AvgIpc) is 2.62. The molecule has 1 saturated carbocycles. The second kappa shape index (κ2) is 7.31. The van der Waals surface area contributed by atoms with Gasteiger partial charge in [0, 0.05) is 17.6 Å². The van der Waals surface area contributed by atoms with E-state index in [0.29, 0.717) is 6.04 Å². The third-order valence-electron chi connectivity index (χ3n) is 4.44. The van der Waals surface area contributed by atoms with Gasteiger partial charge >= 0.3 is 0 Å². The summed E-state index contributed by atoms with van der Waals surface area (Å²) in [7, 11) is 0. The van der Waals surface area contributed by atoms with Crippen molar-refractivity contribution in [1.29, 1.82) is 0 Å². The van der Waals surface area contributed by atoms with Crippen molar-refractivity contribution in [3.8, 4) is 0 Å². The van der Waals surface area contributed by atoms with E-state index in [1.165, 1.54) is 37.7 Å². The Morgan fingerprint density at radius 2 is 2.05 bits per heavy atom. The Morgan fingerprint density at radius 3 is 2.79 bits per heavy atom. The number of nitrogens with one attached hydrogen (secondary N) is 1. The zero-order valence-electron chi connectivity index (χ0n) is 12.2. The van der Waals surface area contributed by atoms with Crippen molar-refractivity contribution in [2.45, 2.75) is 58.5 Å². The molecule has 2 atom stereocenters. The SMILES string of the molecule is CC(C)C1CCCC(NCc2cccc(Cl)c2)CC1. The van der Waals surface area contributed by atoms with E-state index >= 15 is 0 Å². The molecule has 19 heavy (non-hydrogen) atoms. The van der Waals surface area contributed by atoms with E-state index in [0.717, 1.165) is 23.4 Å². The molecule has 1 aromatic carbocycles. The predicted molar refractivity (Wildman–Crippen MR) is 83.5 cm³/mol. The molecule has 0 heterocycles. The highest BCUT2D eigenvalue weighted by Crippen LogP contribution is 2.28. The Morgan fingerprint density at radius 1 is 1.21 bits per heavy atom. The van der Waals surface area contributed by atoms with Crippen LogP contribution >= 0.6 is 11.6 Å². The quantitative estimate of drug-likeness (QED) is 0.762. The van der Waals surface area contributed by atoms with Crippen molar-refractivity contribution in [3.63, 3.8) is 0 Å². The second-order valence-corrected chi connectivity index (χ2v) is 6.66. The third-order valence-corrected chi connectivity index (χ3v) is 4.68. The fourth-order valence-corrected chi connectivity index (χ4v) is 3.32. The van der Waals surface area contributed by atoms with Crippen molar-refractivity contribution in [2.24, 2.45) is 11.8 Å². The smallest absolute Gasteiger partial charge is 0.0409 e. The van der Waals surface area contributed by atoms with Gasteiger partial charge in [-0.15, -0.1) is 0 Å². The Labute approximate surface area is 122 Å². The van der Waals surface area contributed by atoms with Crippen LogP contribution in [0.3, 0.4) is 0 Å². The molecule has 1 aliphatic rings. The van der Waals surface area contributed by atoms with Crippen LogP contribution in [0.25, 0.3) is 0 Å². The highest BCUT2D eigenvalue weighted by molar-refractivity contribution is 6.30. The maximum absolute atomic E-state index is 6.02. The van der Waals surface area contributed by atoms with Crippen LogP contribution in [0.2, 0.25) is 5.02 Å². The molecule has 0 amide bonds. The Kier molecular flexibility index (Phi) is 5.72. The second-order valence-electron chi connectivity index (χ2n) is 6.22. The minimum absolute atomic E-state index is 0.683. The molecule has 1 aliphatic carbocycles. The van der Waals surface area contributed by atoms with Crippen molar-refractivity contribution in [3.05, 3.63) is 34.9 Å². The summed E-state index contributed by atoms with van der Waals surface area (Å²) in [4.78, 5) is 0.